The maximum atomic E-state index is 12.5. The molecule has 1 aromatic carbocycles. The van der Waals surface area contributed by atoms with E-state index in [1.165, 1.54) is 0 Å². The van der Waals surface area contributed by atoms with Crippen molar-refractivity contribution in [2.24, 2.45) is 0 Å². The molecular weight excluding hydrogens is 289 g/mol. The number of alkyl halides is 3. The molecule has 0 saturated carbocycles. The summed E-state index contributed by atoms with van der Waals surface area (Å²) in [6.45, 7) is -0.416. The van der Waals surface area contributed by atoms with E-state index >= 15 is 0 Å². The number of carboxylic acids is 1. The van der Waals surface area contributed by atoms with Crippen LogP contribution in [0.25, 0.3) is 0 Å². The minimum absolute atomic E-state index is 0.140. The van der Waals surface area contributed by atoms with E-state index in [9.17, 15) is 26.4 Å². The first-order chi connectivity index (χ1) is 8.71. The van der Waals surface area contributed by atoms with Crippen molar-refractivity contribution in [2.75, 3.05) is 6.61 Å². The number of hydrogen-bond acceptors (Lipinski definition) is 4. The third kappa shape index (κ3) is 4.52. The van der Waals surface area contributed by atoms with Gasteiger partial charge in [-0.05, 0) is 30.2 Å². The summed E-state index contributed by atoms with van der Waals surface area (Å²) in [5, 5.41) is 8.83. The molecule has 0 aromatic heterocycles. The number of thiol groups is 1. The Bertz CT molecular complexity index is 543. The second-order valence-corrected chi connectivity index (χ2v) is 4.19. The van der Waals surface area contributed by atoms with Crippen molar-refractivity contribution >= 4 is 17.0 Å². The van der Waals surface area contributed by atoms with Crippen LogP contribution in [0.1, 0.15) is 21.5 Å². The standard InChI is InChI=1S/C10H9F3O5S/c11-10(12,13)7-1-2-8(9(14)15)6(5-7)3-4-18-19(16)17/h1-2,5,19H,3-4H2,(H,14,15). The van der Waals surface area contributed by atoms with E-state index in [0.29, 0.717) is 12.1 Å². The van der Waals surface area contributed by atoms with Gasteiger partial charge in [0.2, 0.25) is 0 Å². The largest absolute Gasteiger partial charge is 0.478 e. The van der Waals surface area contributed by atoms with Crippen LogP contribution in [0.15, 0.2) is 18.2 Å². The van der Waals surface area contributed by atoms with Crippen molar-refractivity contribution in [3.8, 4) is 0 Å². The Hall–Kier alpha value is -1.61. The van der Waals surface area contributed by atoms with Crippen LogP contribution >= 0.6 is 0 Å². The highest BCUT2D eigenvalue weighted by atomic mass is 32.2. The lowest BCUT2D eigenvalue weighted by Gasteiger charge is -2.11. The van der Waals surface area contributed by atoms with Gasteiger partial charge in [0.1, 0.15) is 0 Å². The van der Waals surface area contributed by atoms with Crippen molar-refractivity contribution in [2.45, 2.75) is 12.6 Å². The normalized spacial score (nSPS) is 11.8. The quantitative estimate of drug-likeness (QED) is 0.805. The molecule has 0 amide bonds. The fourth-order valence-electron chi connectivity index (χ4n) is 1.42. The summed E-state index contributed by atoms with van der Waals surface area (Å²) in [6.07, 6.45) is -4.86. The van der Waals surface area contributed by atoms with Gasteiger partial charge in [-0.1, -0.05) is 0 Å². The fraction of sp³-hybridized carbons (Fsp3) is 0.300. The van der Waals surface area contributed by atoms with Crippen LogP contribution < -0.4 is 0 Å². The van der Waals surface area contributed by atoms with E-state index in [1.807, 2.05) is 0 Å². The molecule has 0 aliphatic carbocycles. The van der Waals surface area contributed by atoms with Crippen LogP contribution in [-0.2, 0) is 27.8 Å². The zero-order valence-corrected chi connectivity index (χ0v) is 10.2. The molecule has 0 radical (unpaired) electrons. The maximum absolute atomic E-state index is 12.5. The number of hydrogen-bond donors (Lipinski definition) is 2. The predicted octanol–water partition coefficient (Wildman–Crippen LogP) is 1.49. The Morgan fingerprint density at radius 1 is 1.32 bits per heavy atom. The van der Waals surface area contributed by atoms with Gasteiger partial charge in [-0.2, -0.15) is 13.2 Å². The smallest absolute Gasteiger partial charge is 0.416 e. The van der Waals surface area contributed by atoms with Crippen LogP contribution in [0, 0.1) is 0 Å². The number of rotatable bonds is 5. The van der Waals surface area contributed by atoms with E-state index in [1.54, 1.807) is 0 Å². The zero-order chi connectivity index (χ0) is 14.6. The summed E-state index contributed by atoms with van der Waals surface area (Å²) in [6, 6.07) is 2.16. The van der Waals surface area contributed by atoms with Gasteiger partial charge in [-0.25, -0.2) is 13.2 Å². The first-order valence-corrected chi connectivity index (χ1v) is 6.02. The van der Waals surface area contributed by atoms with E-state index < -0.39 is 35.3 Å². The predicted molar refractivity (Wildman–Crippen MR) is 58.4 cm³/mol. The van der Waals surface area contributed by atoms with Crippen LogP contribution in [0.4, 0.5) is 13.2 Å². The molecule has 0 bridgehead atoms. The Balaban J connectivity index is 3.05. The number of carboxylic acid groups (broad SMARTS) is 1. The molecule has 1 aromatic rings. The Morgan fingerprint density at radius 3 is 2.42 bits per heavy atom. The Labute approximate surface area is 107 Å². The molecular formula is C10H9F3O5S. The van der Waals surface area contributed by atoms with Gasteiger partial charge in [-0.15, -0.1) is 0 Å². The van der Waals surface area contributed by atoms with Crippen LogP contribution in [-0.4, -0.2) is 26.1 Å². The van der Waals surface area contributed by atoms with Crippen molar-refractivity contribution in [1.82, 2.24) is 0 Å². The molecule has 0 saturated heterocycles. The number of benzene rings is 1. The highest BCUT2D eigenvalue weighted by Gasteiger charge is 2.31. The number of halogens is 3. The summed E-state index contributed by atoms with van der Waals surface area (Å²) >= 11 is 0. The van der Waals surface area contributed by atoms with Gasteiger partial charge in [0.25, 0.3) is 11.0 Å². The first-order valence-electron chi connectivity index (χ1n) is 4.92. The lowest BCUT2D eigenvalue weighted by atomic mass is 10.0. The maximum Gasteiger partial charge on any atom is 0.416 e. The summed E-state index contributed by atoms with van der Waals surface area (Å²) in [4.78, 5) is 10.8. The van der Waals surface area contributed by atoms with Gasteiger partial charge in [-0.3, -0.25) is 4.18 Å². The number of carbonyl (C=O) groups is 1. The third-order valence-electron chi connectivity index (χ3n) is 2.23. The van der Waals surface area contributed by atoms with Gasteiger partial charge in [0.05, 0.1) is 17.7 Å². The van der Waals surface area contributed by atoms with E-state index in [-0.39, 0.29) is 17.5 Å². The monoisotopic (exact) mass is 298 g/mol. The molecule has 1 rings (SSSR count). The summed E-state index contributed by atoms with van der Waals surface area (Å²) in [5.74, 6) is -1.39. The minimum atomic E-state index is -4.60. The van der Waals surface area contributed by atoms with Gasteiger partial charge in [0.15, 0.2) is 0 Å². The molecule has 5 nitrogen and oxygen atoms in total. The minimum Gasteiger partial charge on any atom is -0.478 e. The Kier molecular flexibility index (Phi) is 4.90. The molecule has 0 atom stereocenters. The van der Waals surface area contributed by atoms with Crippen LogP contribution in [0.3, 0.4) is 0 Å². The first kappa shape index (κ1) is 15.4. The van der Waals surface area contributed by atoms with Gasteiger partial charge < -0.3 is 5.11 Å². The highest BCUT2D eigenvalue weighted by molar-refractivity contribution is 7.67. The molecule has 106 valence electrons. The highest BCUT2D eigenvalue weighted by Crippen LogP contribution is 2.30. The topological polar surface area (TPSA) is 80.7 Å². The average molecular weight is 298 g/mol. The molecule has 9 heteroatoms. The lowest BCUT2D eigenvalue weighted by Crippen LogP contribution is -2.10. The second-order valence-electron chi connectivity index (χ2n) is 3.48. The molecule has 0 unspecified atom stereocenters. The third-order valence-corrected chi connectivity index (χ3v) is 2.62. The summed E-state index contributed by atoms with van der Waals surface area (Å²) < 4.78 is 61.9. The molecule has 0 heterocycles. The molecule has 1 N–H and O–H groups in total. The van der Waals surface area contributed by atoms with Crippen molar-refractivity contribution in [1.29, 1.82) is 0 Å². The molecule has 0 spiro atoms. The van der Waals surface area contributed by atoms with Crippen molar-refractivity contribution in [3.05, 3.63) is 34.9 Å². The van der Waals surface area contributed by atoms with Crippen LogP contribution in [0.5, 0.6) is 0 Å². The fourth-order valence-corrected chi connectivity index (χ4v) is 1.66. The van der Waals surface area contributed by atoms with Crippen LogP contribution in [0.2, 0.25) is 0 Å². The second kappa shape index (κ2) is 6.02. The zero-order valence-electron chi connectivity index (χ0n) is 9.31. The SMILES string of the molecule is O=C(O)c1ccc(C(F)(F)F)cc1CCO[SH](=O)=O. The summed E-state index contributed by atoms with van der Waals surface area (Å²) in [7, 11) is -3.12. The molecule has 0 fully saturated rings. The molecule has 0 aliphatic heterocycles. The van der Waals surface area contributed by atoms with Crippen molar-refractivity contribution in [3.63, 3.8) is 0 Å². The van der Waals surface area contributed by atoms with E-state index in [0.717, 1.165) is 6.07 Å². The van der Waals surface area contributed by atoms with Gasteiger partial charge >= 0.3 is 12.1 Å². The van der Waals surface area contributed by atoms with Crippen molar-refractivity contribution < 1.29 is 35.7 Å². The molecule has 0 aliphatic rings. The number of aromatic carboxylic acids is 1. The van der Waals surface area contributed by atoms with Gasteiger partial charge in [0, 0.05) is 0 Å². The average Bonchev–Trinajstić information content (AvgIpc) is 2.26. The van der Waals surface area contributed by atoms with E-state index in [2.05, 4.69) is 4.18 Å². The summed E-state index contributed by atoms with van der Waals surface area (Å²) in [5.41, 5.74) is -1.46. The Morgan fingerprint density at radius 2 is 1.95 bits per heavy atom. The lowest BCUT2D eigenvalue weighted by molar-refractivity contribution is -0.137. The van der Waals surface area contributed by atoms with E-state index in [4.69, 9.17) is 5.11 Å². The molecule has 19 heavy (non-hydrogen) atoms.